The minimum Gasteiger partial charge on any atom is -0.857 e. The molecular formula is C20H20F3N8O-. The molecule has 4 rings (SSSR count). The van der Waals surface area contributed by atoms with E-state index < -0.39 is 29.2 Å². The van der Waals surface area contributed by atoms with Gasteiger partial charge >= 0.3 is 5.92 Å². The number of aromatic nitrogens is 2. The van der Waals surface area contributed by atoms with Crippen LogP contribution in [0.2, 0.25) is 0 Å². The van der Waals surface area contributed by atoms with Gasteiger partial charge < -0.3 is 26.1 Å². The first-order valence-corrected chi connectivity index (χ1v) is 9.77. The van der Waals surface area contributed by atoms with Crippen LogP contribution in [0.1, 0.15) is 24.1 Å². The zero-order chi connectivity index (χ0) is 23.2. The highest BCUT2D eigenvalue weighted by molar-refractivity contribution is 5.52. The molecule has 0 aliphatic carbocycles. The minimum absolute atomic E-state index is 0.0297. The molecule has 32 heavy (non-hydrogen) atoms. The van der Waals surface area contributed by atoms with Gasteiger partial charge in [-0.15, -0.1) is 10.2 Å². The molecule has 0 bridgehead atoms. The van der Waals surface area contributed by atoms with Crippen molar-refractivity contribution in [3.05, 3.63) is 51.8 Å². The zero-order valence-corrected chi connectivity index (χ0v) is 17.2. The topological polar surface area (TPSA) is 129 Å². The molecule has 1 aromatic carbocycles. The number of halogens is 3. The maximum absolute atomic E-state index is 14.8. The summed E-state index contributed by atoms with van der Waals surface area (Å²) in [6, 6.07) is 5.20. The van der Waals surface area contributed by atoms with Gasteiger partial charge in [-0.05, 0) is 19.1 Å². The number of hydrazine groups is 1. The first-order chi connectivity index (χ1) is 15.1. The van der Waals surface area contributed by atoms with Crippen molar-refractivity contribution in [2.75, 3.05) is 25.0 Å². The predicted molar refractivity (Wildman–Crippen MR) is 107 cm³/mol. The molecular weight excluding hydrogens is 425 g/mol. The van der Waals surface area contributed by atoms with Crippen molar-refractivity contribution in [3.63, 3.8) is 0 Å². The number of alkyl halides is 2. The molecule has 0 unspecified atom stereocenters. The van der Waals surface area contributed by atoms with Crippen LogP contribution < -0.4 is 37.1 Å². The molecule has 2 aliphatic rings. The van der Waals surface area contributed by atoms with E-state index in [0.717, 1.165) is 12.1 Å². The lowest BCUT2D eigenvalue weighted by molar-refractivity contribution is -0.274. The van der Waals surface area contributed by atoms with Crippen LogP contribution in [0, 0.1) is 17.1 Å². The highest BCUT2D eigenvalue weighted by Gasteiger charge is 2.36. The fourth-order valence-electron chi connectivity index (χ4n) is 3.61. The molecule has 1 fully saturated rings. The van der Waals surface area contributed by atoms with Crippen molar-refractivity contribution in [1.82, 2.24) is 25.9 Å². The van der Waals surface area contributed by atoms with Crippen molar-refractivity contribution < 1.29 is 18.3 Å². The summed E-state index contributed by atoms with van der Waals surface area (Å²) in [5, 5.41) is 34.0. The molecule has 12 heteroatoms. The Morgan fingerprint density at radius 3 is 2.75 bits per heavy atom. The van der Waals surface area contributed by atoms with Crippen LogP contribution in [-0.2, 0) is 5.92 Å². The van der Waals surface area contributed by atoms with Crippen LogP contribution in [0.5, 0.6) is 0 Å². The van der Waals surface area contributed by atoms with E-state index in [4.69, 9.17) is 11.0 Å². The molecule has 9 nitrogen and oxygen atoms in total. The number of hydrogen-bond acceptors (Lipinski definition) is 9. The Morgan fingerprint density at radius 2 is 2.09 bits per heavy atom. The summed E-state index contributed by atoms with van der Waals surface area (Å²) in [5.74, 6) is -4.70. The van der Waals surface area contributed by atoms with Crippen LogP contribution in [0.3, 0.4) is 0 Å². The molecule has 0 spiro atoms. The third kappa shape index (κ3) is 3.60. The smallest absolute Gasteiger partial charge is 0.360 e. The second kappa shape index (κ2) is 7.76. The summed E-state index contributed by atoms with van der Waals surface area (Å²) >= 11 is 0. The molecule has 0 saturated carbocycles. The van der Waals surface area contributed by atoms with Crippen molar-refractivity contribution in [3.8, 4) is 6.07 Å². The zero-order valence-electron chi connectivity index (χ0n) is 17.2. The third-order valence-electron chi connectivity index (χ3n) is 5.41. The number of rotatable bonds is 5. The summed E-state index contributed by atoms with van der Waals surface area (Å²) in [6.45, 7) is 2.76. The fourth-order valence-corrected chi connectivity index (χ4v) is 3.61. The largest absolute Gasteiger partial charge is 0.857 e. The van der Waals surface area contributed by atoms with Crippen LogP contribution >= 0.6 is 0 Å². The van der Waals surface area contributed by atoms with Crippen LogP contribution in [-0.4, -0.2) is 41.4 Å². The molecule has 0 amide bonds. The van der Waals surface area contributed by atoms with Gasteiger partial charge in [0.15, 0.2) is 5.82 Å². The van der Waals surface area contributed by atoms with E-state index in [1.165, 1.54) is 24.2 Å². The number of nitrogens with one attached hydrogen (secondary N) is 2. The lowest BCUT2D eigenvalue weighted by atomic mass is 10.0. The van der Waals surface area contributed by atoms with Crippen molar-refractivity contribution >= 4 is 17.5 Å². The summed E-state index contributed by atoms with van der Waals surface area (Å²) in [5.41, 5.74) is 7.62. The van der Waals surface area contributed by atoms with Crippen LogP contribution in [0.4, 0.5) is 19.0 Å². The van der Waals surface area contributed by atoms with E-state index in [2.05, 4.69) is 20.9 Å². The molecule has 4 N–H and O–H groups in total. The van der Waals surface area contributed by atoms with Crippen molar-refractivity contribution in [1.29, 1.82) is 5.26 Å². The second-order valence-corrected chi connectivity index (χ2v) is 7.74. The highest BCUT2D eigenvalue weighted by atomic mass is 19.3. The molecule has 1 aromatic heterocycles. The number of nitrogens with zero attached hydrogens (tertiary/aromatic N) is 5. The van der Waals surface area contributed by atoms with E-state index in [1.807, 2.05) is 4.90 Å². The highest BCUT2D eigenvalue weighted by Crippen LogP contribution is 2.32. The number of anilines is 1. The first kappa shape index (κ1) is 21.5. The summed E-state index contributed by atoms with van der Waals surface area (Å²) < 4.78 is 42.5. The Bertz CT molecular complexity index is 1220. The van der Waals surface area contributed by atoms with Crippen LogP contribution in [0.25, 0.3) is 11.7 Å². The molecule has 3 heterocycles. The van der Waals surface area contributed by atoms with Crippen molar-refractivity contribution in [2.24, 2.45) is 5.73 Å². The molecule has 1 saturated heterocycles. The summed E-state index contributed by atoms with van der Waals surface area (Å²) in [4.78, 5) is 1.90. The van der Waals surface area contributed by atoms with E-state index in [9.17, 15) is 18.3 Å². The van der Waals surface area contributed by atoms with Gasteiger partial charge in [-0.2, -0.15) is 14.0 Å². The second-order valence-electron chi connectivity index (χ2n) is 7.74. The molecule has 2 aliphatic heterocycles. The third-order valence-corrected chi connectivity index (χ3v) is 5.41. The van der Waals surface area contributed by atoms with Crippen LogP contribution in [0.15, 0.2) is 24.3 Å². The molecule has 2 aromatic rings. The minimum atomic E-state index is -3.96. The van der Waals surface area contributed by atoms with Gasteiger partial charge in [-0.25, -0.2) is 4.39 Å². The SMILES string of the molecule is C[C@@H](NC1=c2cc(N3CC(N)C3)nnc2=C([O-])N(C)N1)c1cccc(C(F)(F)C#N)c1F. The quantitative estimate of drug-likeness (QED) is 0.513. The van der Waals surface area contributed by atoms with Gasteiger partial charge in [0.2, 0.25) is 0 Å². The Morgan fingerprint density at radius 1 is 1.38 bits per heavy atom. The molecule has 1 atom stereocenters. The lowest BCUT2D eigenvalue weighted by Gasteiger charge is -2.38. The van der Waals surface area contributed by atoms with Gasteiger partial charge in [-0.3, -0.25) is 5.43 Å². The lowest BCUT2D eigenvalue weighted by Crippen LogP contribution is -2.58. The molecule has 0 radical (unpaired) electrons. The number of hydrogen-bond donors (Lipinski definition) is 3. The average Bonchev–Trinajstić information content (AvgIpc) is 2.74. The summed E-state index contributed by atoms with van der Waals surface area (Å²) in [7, 11) is 1.48. The van der Waals surface area contributed by atoms with Gasteiger partial charge in [0.1, 0.15) is 23.1 Å². The summed E-state index contributed by atoms with van der Waals surface area (Å²) in [6.07, 6.45) is 0. The van der Waals surface area contributed by atoms with E-state index in [-0.39, 0.29) is 17.0 Å². The number of nitrogens with two attached hydrogens (primary N) is 1. The Hall–Kier alpha value is -3.72. The predicted octanol–water partition coefficient (Wildman–Crippen LogP) is -1.33. The molecule has 168 valence electrons. The number of benzene rings is 1. The number of fused-ring (bicyclic) bond motifs is 1. The standard InChI is InChI=1S/C20H21F3N8O/c1-10(12-4-3-5-14(16(12)21)20(22,23)9-24)26-18-13-6-15(31-7-11(25)8-31)27-28-17(13)19(32)30(2)29-18/h3-6,10-11,26,29,32H,7-8,25H2,1-2H3/p-1/t10-/m1/s1. The van der Waals surface area contributed by atoms with E-state index >= 15 is 0 Å². The first-order valence-electron chi connectivity index (χ1n) is 9.77. The van der Waals surface area contributed by atoms with E-state index in [1.54, 1.807) is 13.0 Å². The van der Waals surface area contributed by atoms with Crippen molar-refractivity contribution in [2.45, 2.75) is 24.9 Å². The Kier molecular flexibility index (Phi) is 5.21. The van der Waals surface area contributed by atoms with Gasteiger partial charge in [0, 0.05) is 42.8 Å². The maximum atomic E-state index is 14.8. The number of nitriles is 1. The van der Waals surface area contributed by atoms with E-state index in [0.29, 0.717) is 29.9 Å². The monoisotopic (exact) mass is 445 g/mol. The average molecular weight is 445 g/mol. The maximum Gasteiger partial charge on any atom is 0.360 e. The van der Waals surface area contributed by atoms with Gasteiger partial charge in [0.25, 0.3) is 0 Å². The fraction of sp³-hybridized carbons (Fsp3) is 0.350. The van der Waals surface area contributed by atoms with Gasteiger partial charge in [-0.1, -0.05) is 12.1 Å². The Labute approximate surface area is 181 Å². The Balaban J connectivity index is 1.75. The van der Waals surface area contributed by atoms with Gasteiger partial charge in [0.05, 0.1) is 11.6 Å². The normalized spacial score (nSPS) is 17.3.